The second-order valence-electron chi connectivity index (χ2n) is 23.4. The van der Waals surface area contributed by atoms with Crippen LogP contribution in [0.2, 0.25) is 0 Å². The summed E-state index contributed by atoms with van der Waals surface area (Å²) in [5.41, 5.74) is 0. The molecule has 1 aliphatic rings. The Morgan fingerprint density at radius 2 is 0.724 bits per heavy atom. The fourth-order valence-corrected chi connectivity index (χ4v) is 9.99. The minimum atomic E-state index is -1.92. The highest BCUT2D eigenvalue weighted by atomic mass is 16.7. The summed E-state index contributed by atoms with van der Waals surface area (Å²) < 4.78 is 28.6. The van der Waals surface area contributed by atoms with Gasteiger partial charge < -0.3 is 39.0 Å². The van der Waals surface area contributed by atoms with Crippen LogP contribution >= 0.6 is 0 Å². The summed E-state index contributed by atoms with van der Waals surface area (Å²) in [6.45, 7) is 5.84. The molecule has 87 heavy (non-hydrogen) atoms. The molecule has 0 radical (unpaired) electrons. The van der Waals surface area contributed by atoms with Crippen LogP contribution in [0.3, 0.4) is 0 Å². The van der Waals surface area contributed by atoms with Gasteiger partial charge in [-0.1, -0.05) is 252 Å². The number of rotatable bonds is 59. The van der Waals surface area contributed by atoms with E-state index in [1.807, 2.05) is 0 Å². The third-order valence-corrected chi connectivity index (χ3v) is 15.3. The van der Waals surface area contributed by atoms with Gasteiger partial charge in [-0.15, -0.1) is 0 Å². The van der Waals surface area contributed by atoms with Crippen LogP contribution < -0.4 is 0 Å². The number of hydrogen-bond donors (Lipinski definition) is 3. The van der Waals surface area contributed by atoms with Gasteiger partial charge in [-0.25, -0.2) is 4.79 Å². The maximum Gasteiger partial charge on any atom is 0.335 e. The first-order valence-corrected chi connectivity index (χ1v) is 34.9. The first-order chi connectivity index (χ1) is 42.6. The van der Waals surface area contributed by atoms with Crippen molar-refractivity contribution in [1.82, 2.24) is 0 Å². The van der Waals surface area contributed by atoms with Crippen molar-refractivity contribution in [1.29, 1.82) is 0 Å². The van der Waals surface area contributed by atoms with Gasteiger partial charge in [0.1, 0.15) is 18.8 Å². The number of allylic oxidation sites excluding steroid dienone is 18. The van der Waals surface area contributed by atoms with E-state index in [9.17, 15) is 34.5 Å². The number of aliphatic hydroxyl groups is 2. The minimum Gasteiger partial charge on any atom is -0.479 e. The Hall–Kier alpha value is -4.62. The quantitative estimate of drug-likeness (QED) is 0.0228. The van der Waals surface area contributed by atoms with E-state index in [2.05, 4.69) is 130 Å². The second-order valence-corrected chi connectivity index (χ2v) is 23.4. The highest BCUT2D eigenvalue weighted by Crippen LogP contribution is 2.27. The molecule has 6 atom stereocenters. The van der Waals surface area contributed by atoms with Crippen LogP contribution in [0.1, 0.15) is 290 Å². The monoisotopic (exact) mass is 1220 g/mol. The lowest BCUT2D eigenvalue weighted by Gasteiger charge is -2.40. The highest BCUT2D eigenvalue weighted by molar-refractivity contribution is 5.74. The number of hydrogen-bond acceptors (Lipinski definition) is 11. The number of ether oxygens (including phenoxy) is 5. The number of carbonyl (C=O) groups excluding carboxylic acids is 3. The largest absolute Gasteiger partial charge is 0.479 e. The summed E-state index contributed by atoms with van der Waals surface area (Å²) in [7, 11) is 0. The number of carboxylic acids is 1. The number of aliphatic hydroxyl groups excluding tert-OH is 2. The lowest BCUT2D eigenvalue weighted by Crippen LogP contribution is -2.61. The molecule has 0 aliphatic carbocycles. The van der Waals surface area contributed by atoms with Crippen molar-refractivity contribution in [3.8, 4) is 0 Å². The van der Waals surface area contributed by atoms with E-state index in [1.54, 1.807) is 0 Å². The molecule has 12 nitrogen and oxygen atoms in total. The summed E-state index contributed by atoms with van der Waals surface area (Å²) in [6, 6.07) is 0. The van der Waals surface area contributed by atoms with Crippen LogP contribution in [-0.2, 0) is 42.9 Å². The molecule has 3 N–H and O–H groups in total. The average Bonchev–Trinajstić information content (AvgIpc) is 2.56. The maximum absolute atomic E-state index is 13.2. The van der Waals surface area contributed by atoms with Crippen molar-refractivity contribution in [2.24, 2.45) is 0 Å². The normalized spacial score (nSPS) is 18.0. The van der Waals surface area contributed by atoms with Crippen molar-refractivity contribution in [3.63, 3.8) is 0 Å². The number of esters is 3. The van der Waals surface area contributed by atoms with Crippen molar-refractivity contribution in [3.05, 3.63) is 109 Å². The summed E-state index contributed by atoms with van der Waals surface area (Å²) in [5.74, 6) is -3.16. The molecule has 0 saturated carbocycles. The molecule has 0 spiro atoms. The van der Waals surface area contributed by atoms with Gasteiger partial charge >= 0.3 is 23.9 Å². The SMILES string of the molecule is CC/C=C\C/C=C\C/C=C\C/C=C\CCCCCCCCC(=O)OCC(COC1OC(C(=O)O)C(O)C(O)C1OC(=O)CCCCCCCCCCC/C=C\C/C=C\CCCCC)OC(=O)CCCCCCCC/C=C\C/C=C\C/C=C\CCCCC. The predicted octanol–water partition coefficient (Wildman–Crippen LogP) is 19.4. The first kappa shape index (κ1) is 80.4. The van der Waals surface area contributed by atoms with E-state index in [4.69, 9.17) is 23.7 Å². The molecule has 1 saturated heterocycles. The number of unbranched alkanes of at least 4 members (excludes halogenated alkanes) is 27. The molecule has 1 heterocycles. The van der Waals surface area contributed by atoms with Crippen LogP contribution in [0, 0.1) is 0 Å². The predicted molar refractivity (Wildman–Crippen MR) is 358 cm³/mol. The molecule has 0 aromatic carbocycles. The summed E-state index contributed by atoms with van der Waals surface area (Å²) in [6.07, 6.45) is 71.7. The third-order valence-electron chi connectivity index (χ3n) is 15.3. The Bertz CT molecular complexity index is 1930. The van der Waals surface area contributed by atoms with Gasteiger partial charge in [-0.3, -0.25) is 14.4 Å². The molecule has 12 heteroatoms. The zero-order chi connectivity index (χ0) is 63.1. The zero-order valence-corrected chi connectivity index (χ0v) is 55.0. The first-order valence-electron chi connectivity index (χ1n) is 34.9. The number of aliphatic carboxylic acids is 1. The fourth-order valence-electron chi connectivity index (χ4n) is 9.99. The average molecular weight is 1220 g/mol. The second kappa shape index (κ2) is 61.6. The van der Waals surface area contributed by atoms with Gasteiger partial charge in [0.15, 0.2) is 24.6 Å². The van der Waals surface area contributed by atoms with Gasteiger partial charge in [-0.05, 0) is 128 Å². The topological polar surface area (TPSA) is 175 Å². The number of carboxylic acid groups (broad SMARTS) is 1. The molecule has 1 aliphatic heterocycles. The van der Waals surface area contributed by atoms with Crippen molar-refractivity contribution in [2.45, 2.75) is 327 Å². The van der Waals surface area contributed by atoms with Crippen molar-refractivity contribution in [2.75, 3.05) is 13.2 Å². The molecule has 0 aromatic heterocycles. The maximum atomic E-state index is 13.2. The molecule has 496 valence electrons. The van der Waals surface area contributed by atoms with Gasteiger partial charge in [0, 0.05) is 19.3 Å². The van der Waals surface area contributed by atoms with E-state index in [0.29, 0.717) is 19.3 Å². The summed E-state index contributed by atoms with van der Waals surface area (Å²) in [5, 5.41) is 31.7. The van der Waals surface area contributed by atoms with E-state index < -0.39 is 67.3 Å². The van der Waals surface area contributed by atoms with Gasteiger partial charge in [-0.2, -0.15) is 0 Å². The highest BCUT2D eigenvalue weighted by Gasteiger charge is 2.50. The molecule has 0 amide bonds. The molecular formula is C75H124O12. The Balaban J connectivity index is 2.67. The van der Waals surface area contributed by atoms with Gasteiger partial charge in [0.25, 0.3) is 0 Å². The Morgan fingerprint density at radius 1 is 0.391 bits per heavy atom. The smallest absolute Gasteiger partial charge is 0.335 e. The molecule has 0 aromatic rings. The minimum absolute atomic E-state index is 0.0483. The van der Waals surface area contributed by atoms with E-state index >= 15 is 0 Å². The lowest BCUT2D eigenvalue weighted by molar-refractivity contribution is -0.301. The van der Waals surface area contributed by atoms with Crippen LogP contribution in [0.4, 0.5) is 0 Å². The number of carbonyl (C=O) groups is 4. The van der Waals surface area contributed by atoms with Crippen molar-refractivity contribution >= 4 is 23.9 Å². The van der Waals surface area contributed by atoms with E-state index in [-0.39, 0.29) is 25.9 Å². The molecule has 1 fully saturated rings. The van der Waals surface area contributed by atoms with Gasteiger partial charge in [0.2, 0.25) is 0 Å². The lowest BCUT2D eigenvalue weighted by atomic mass is 9.98. The fraction of sp³-hybridized carbons (Fsp3) is 0.707. The van der Waals surface area contributed by atoms with E-state index in [0.717, 1.165) is 154 Å². The molecule has 0 bridgehead atoms. The Morgan fingerprint density at radius 3 is 1.10 bits per heavy atom. The summed E-state index contributed by atoms with van der Waals surface area (Å²) >= 11 is 0. The van der Waals surface area contributed by atoms with Gasteiger partial charge in [0.05, 0.1) is 6.61 Å². The zero-order valence-electron chi connectivity index (χ0n) is 55.0. The van der Waals surface area contributed by atoms with Crippen LogP contribution in [0.25, 0.3) is 0 Å². The van der Waals surface area contributed by atoms with Crippen LogP contribution in [0.5, 0.6) is 0 Å². The van der Waals surface area contributed by atoms with Crippen LogP contribution in [-0.4, -0.2) is 89.2 Å². The molecule has 1 rings (SSSR count). The van der Waals surface area contributed by atoms with E-state index in [1.165, 1.54) is 77.0 Å². The molecule has 6 unspecified atom stereocenters. The standard InChI is InChI=1S/C75H124O12/c1-4-7-10-13-16-19-22-25-28-31-34-37-40-43-46-49-52-55-58-61-67(76)83-64-66(85-68(77)62-59-56-53-50-47-44-41-38-35-32-29-26-23-20-17-14-11-8-5-2)65-84-75-73(71(80)70(79)72(87-75)74(81)82)86-69(78)63-60-57-54-51-48-45-42-39-36-33-30-27-24-21-18-15-12-9-6-3/h7,10,16-21,25-30,34-35,37-38,66,70-73,75,79-80H,4-6,8-9,11-15,22-24,31-33,36,39-65H2,1-3H3,(H,81,82)/b10-7-,19-16-,20-17-,21-18-,28-25-,29-26-,30-27-,37-34-,38-35-. The Kier molecular flexibility index (Phi) is 56.9. The Labute approximate surface area is 529 Å². The summed E-state index contributed by atoms with van der Waals surface area (Å²) in [4.78, 5) is 51.5. The third kappa shape index (κ3) is 50.9. The molecular weight excluding hydrogens is 1090 g/mol. The van der Waals surface area contributed by atoms with Crippen molar-refractivity contribution < 1.29 is 58.2 Å². The van der Waals surface area contributed by atoms with Crippen LogP contribution in [0.15, 0.2) is 109 Å².